The monoisotopic (exact) mass is 468 g/mol. The summed E-state index contributed by atoms with van der Waals surface area (Å²) in [6.07, 6.45) is 1.59. The SMILES string of the molecule is CCCC(CC(=O)O)c1ccc(N(CC(C)C)CC(C)C)c(NC(O)Cc2ccc(C)cc2)c1. The average molecular weight is 469 g/mol. The van der Waals surface area contributed by atoms with E-state index >= 15 is 0 Å². The van der Waals surface area contributed by atoms with Gasteiger partial charge in [-0.1, -0.05) is 76.9 Å². The standard InChI is InChI=1S/C29H44N2O3/c1-7-8-24(17-29(33)34)25-13-14-27(31(18-20(2)3)19-21(4)5)26(16-25)30-28(32)15-23-11-9-22(6)10-12-23/h9-14,16,20-21,24,28,30,32H,7-8,15,17-19H2,1-6H3,(H,33,34). The first kappa shape index (κ1) is 27.7. The van der Waals surface area contributed by atoms with Gasteiger partial charge in [0, 0.05) is 19.5 Å². The van der Waals surface area contributed by atoms with Crippen molar-refractivity contribution in [3.63, 3.8) is 0 Å². The van der Waals surface area contributed by atoms with E-state index in [0.29, 0.717) is 18.3 Å². The number of anilines is 2. The van der Waals surface area contributed by atoms with Crippen LogP contribution in [0.25, 0.3) is 0 Å². The molecular formula is C29H44N2O3. The van der Waals surface area contributed by atoms with Crippen molar-refractivity contribution in [3.05, 3.63) is 59.2 Å². The Hall–Kier alpha value is -2.53. The van der Waals surface area contributed by atoms with Crippen LogP contribution >= 0.6 is 0 Å². The van der Waals surface area contributed by atoms with Crippen molar-refractivity contribution in [2.45, 2.75) is 79.4 Å². The third-order valence-corrected chi connectivity index (χ3v) is 5.93. The zero-order chi connectivity index (χ0) is 25.3. The molecule has 0 heterocycles. The molecule has 2 aromatic rings. The fourth-order valence-electron chi connectivity index (χ4n) is 4.48. The van der Waals surface area contributed by atoms with E-state index in [0.717, 1.165) is 48.4 Å². The van der Waals surface area contributed by atoms with Crippen LogP contribution in [0.15, 0.2) is 42.5 Å². The highest BCUT2D eigenvalue weighted by atomic mass is 16.4. The van der Waals surface area contributed by atoms with Crippen LogP contribution in [0.5, 0.6) is 0 Å². The number of aryl methyl sites for hydroxylation is 1. The summed E-state index contributed by atoms with van der Waals surface area (Å²) >= 11 is 0. The minimum absolute atomic E-state index is 0.0463. The van der Waals surface area contributed by atoms with Crippen LogP contribution in [0, 0.1) is 18.8 Å². The van der Waals surface area contributed by atoms with Gasteiger partial charge in [-0.05, 0) is 54.4 Å². The lowest BCUT2D eigenvalue weighted by Crippen LogP contribution is -2.33. The molecule has 3 N–H and O–H groups in total. The van der Waals surface area contributed by atoms with E-state index in [-0.39, 0.29) is 12.3 Å². The van der Waals surface area contributed by atoms with Crippen molar-refractivity contribution in [2.24, 2.45) is 11.8 Å². The van der Waals surface area contributed by atoms with Gasteiger partial charge in [0.2, 0.25) is 0 Å². The number of aliphatic carboxylic acids is 1. The second-order valence-electron chi connectivity index (χ2n) is 10.4. The van der Waals surface area contributed by atoms with Crippen molar-refractivity contribution in [2.75, 3.05) is 23.3 Å². The van der Waals surface area contributed by atoms with Gasteiger partial charge in [-0.3, -0.25) is 4.79 Å². The molecule has 0 saturated carbocycles. The molecule has 0 aliphatic heterocycles. The smallest absolute Gasteiger partial charge is 0.303 e. The molecule has 0 spiro atoms. The molecular weight excluding hydrogens is 424 g/mol. The first-order valence-electron chi connectivity index (χ1n) is 12.7. The van der Waals surface area contributed by atoms with E-state index in [1.807, 2.05) is 12.1 Å². The molecule has 0 radical (unpaired) electrons. The molecule has 5 heteroatoms. The quantitative estimate of drug-likeness (QED) is 0.278. The van der Waals surface area contributed by atoms with Crippen LogP contribution < -0.4 is 10.2 Å². The highest BCUT2D eigenvalue weighted by Gasteiger charge is 2.21. The highest BCUT2D eigenvalue weighted by Crippen LogP contribution is 2.34. The summed E-state index contributed by atoms with van der Waals surface area (Å²) in [6, 6.07) is 14.4. The Morgan fingerprint density at radius 1 is 1.00 bits per heavy atom. The number of rotatable bonds is 14. The molecule has 0 aliphatic rings. The van der Waals surface area contributed by atoms with Crippen molar-refractivity contribution >= 4 is 17.3 Å². The second-order valence-corrected chi connectivity index (χ2v) is 10.4. The Morgan fingerprint density at radius 3 is 2.15 bits per heavy atom. The van der Waals surface area contributed by atoms with Crippen LogP contribution in [0.2, 0.25) is 0 Å². The fraction of sp³-hybridized carbons (Fsp3) is 0.552. The summed E-state index contributed by atoms with van der Waals surface area (Å²) in [6.45, 7) is 14.8. The molecule has 0 saturated heterocycles. The van der Waals surface area contributed by atoms with Crippen LogP contribution in [-0.4, -0.2) is 35.5 Å². The molecule has 2 atom stereocenters. The minimum Gasteiger partial charge on any atom is -0.481 e. The molecule has 2 unspecified atom stereocenters. The summed E-state index contributed by atoms with van der Waals surface area (Å²) < 4.78 is 0. The largest absolute Gasteiger partial charge is 0.481 e. The predicted molar refractivity (Wildman–Crippen MR) is 143 cm³/mol. The maximum atomic E-state index is 11.5. The van der Waals surface area contributed by atoms with Gasteiger partial charge in [-0.2, -0.15) is 0 Å². The molecule has 0 aliphatic carbocycles. The number of nitrogens with one attached hydrogen (secondary N) is 1. The van der Waals surface area contributed by atoms with Gasteiger partial charge in [0.05, 0.1) is 17.8 Å². The first-order chi connectivity index (χ1) is 16.1. The Balaban J connectivity index is 2.42. The Bertz CT molecular complexity index is 883. The number of aliphatic hydroxyl groups is 1. The molecule has 34 heavy (non-hydrogen) atoms. The number of carboxylic acid groups (broad SMARTS) is 1. The van der Waals surface area contributed by atoms with Crippen molar-refractivity contribution in [1.82, 2.24) is 0 Å². The molecule has 2 aromatic carbocycles. The first-order valence-corrected chi connectivity index (χ1v) is 12.7. The number of benzene rings is 2. The van der Waals surface area contributed by atoms with E-state index < -0.39 is 12.2 Å². The average Bonchev–Trinajstić information content (AvgIpc) is 2.73. The summed E-state index contributed by atoms with van der Waals surface area (Å²) in [7, 11) is 0. The normalized spacial score (nSPS) is 13.2. The molecule has 5 nitrogen and oxygen atoms in total. The van der Waals surface area contributed by atoms with Gasteiger partial charge in [0.1, 0.15) is 6.23 Å². The van der Waals surface area contributed by atoms with Gasteiger partial charge in [0.25, 0.3) is 0 Å². The molecule has 0 bridgehead atoms. The highest BCUT2D eigenvalue weighted by molar-refractivity contribution is 5.73. The van der Waals surface area contributed by atoms with E-state index in [4.69, 9.17) is 0 Å². The van der Waals surface area contributed by atoms with Crippen LogP contribution in [0.4, 0.5) is 11.4 Å². The lowest BCUT2D eigenvalue weighted by Gasteiger charge is -2.32. The molecule has 2 rings (SSSR count). The summed E-state index contributed by atoms with van der Waals surface area (Å²) in [5.41, 5.74) is 5.19. The lowest BCUT2D eigenvalue weighted by molar-refractivity contribution is -0.137. The lowest BCUT2D eigenvalue weighted by atomic mass is 9.90. The van der Waals surface area contributed by atoms with Gasteiger partial charge < -0.3 is 20.4 Å². The van der Waals surface area contributed by atoms with Gasteiger partial charge in [-0.15, -0.1) is 0 Å². The van der Waals surface area contributed by atoms with E-state index in [1.165, 1.54) is 5.56 Å². The number of carboxylic acids is 1. The Labute approximate surface area is 206 Å². The molecule has 0 fully saturated rings. The van der Waals surface area contributed by atoms with Crippen LogP contribution in [0.3, 0.4) is 0 Å². The molecule has 0 aromatic heterocycles. The number of aliphatic hydroxyl groups excluding tert-OH is 1. The van der Waals surface area contributed by atoms with Crippen molar-refractivity contribution in [1.29, 1.82) is 0 Å². The van der Waals surface area contributed by atoms with Crippen LogP contribution in [0.1, 0.15) is 76.5 Å². The third kappa shape index (κ3) is 9.02. The minimum atomic E-state index is -0.780. The zero-order valence-electron chi connectivity index (χ0n) is 21.8. The zero-order valence-corrected chi connectivity index (χ0v) is 21.8. The number of hydrogen-bond acceptors (Lipinski definition) is 4. The van der Waals surface area contributed by atoms with Gasteiger partial charge >= 0.3 is 5.97 Å². The Kier molecular flexibility index (Phi) is 10.9. The Morgan fingerprint density at radius 2 is 1.62 bits per heavy atom. The number of carbonyl (C=O) groups is 1. The molecule has 188 valence electrons. The predicted octanol–water partition coefficient (Wildman–Crippen LogP) is 6.44. The second kappa shape index (κ2) is 13.4. The fourth-order valence-corrected chi connectivity index (χ4v) is 4.48. The van der Waals surface area contributed by atoms with Gasteiger partial charge in [0.15, 0.2) is 0 Å². The summed E-state index contributed by atoms with van der Waals surface area (Å²) in [5, 5.41) is 23.8. The van der Waals surface area contributed by atoms with E-state index in [9.17, 15) is 15.0 Å². The topological polar surface area (TPSA) is 72.8 Å². The number of nitrogens with zero attached hydrogens (tertiary/aromatic N) is 1. The van der Waals surface area contributed by atoms with E-state index in [2.05, 4.69) is 82.1 Å². The number of hydrogen-bond donors (Lipinski definition) is 3. The van der Waals surface area contributed by atoms with Crippen molar-refractivity contribution < 1.29 is 15.0 Å². The maximum absolute atomic E-state index is 11.5. The maximum Gasteiger partial charge on any atom is 0.303 e. The van der Waals surface area contributed by atoms with Crippen LogP contribution in [-0.2, 0) is 11.2 Å². The third-order valence-electron chi connectivity index (χ3n) is 5.93. The van der Waals surface area contributed by atoms with Gasteiger partial charge in [-0.25, -0.2) is 0 Å². The summed E-state index contributed by atoms with van der Waals surface area (Å²) in [4.78, 5) is 13.9. The summed E-state index contributed by atoms with van der Waals surface area (Å²) in [5.74, 6) is 0.153. The van der Waals surface area contributed by atoms with Crippen molar-refractivity contribution in [3.8, 4) is 0 Å². The molecule has 0 amide bonds. The van der Waals surface area contributed by atoms with E-state index in [1.54, 1.807) is 0 Å².